The predicted molar refractivity (Wildman–Crippen MR) is 95.2 cm³/mol. The Bertz CT molecular complexity index is 588. The van der Waals surface area contributed by atoms with Gasteiger partial charge in [0.1, 0.15) is 5.75 Å². The normalized spacial score (nSPS) is 25.0. The van der Waals surface area contributed by atoms with Crippen LogP contribution in [0.1, 0.15) is 24.8 Å². The van der Waals surface area contributed by atoms with E-state index in [2.05, 4.69) is 4.90 Å². The second-order valence-electron chi connectivity index (χ2n) is 6.83. The first-order valence-corrected chi connectivity index (χ1v) is 9.03. The largest absolute Gasteiger partial charge is 0.496 e. The maximum Gasteiger partial charge on any atom is 0.225 e. The molecule has 0 radical (unpaired) electrons. The molecule has 1 saturated carbocycles. The molecule has 1 heterocycles. The van der Waals surface area contributed by atoms with Gasteiger partial charge in [0.15, 0.2) is 0 Å². The van der Waals surface area contributed by atoms with Crippen molar-refractivity contribution in [2.75, 3.05) is 33.3 Å². The second kappa shape index (κ2) is 7.72. The Balaban J connectivity index is 1.54. The summed E-state index contributed by atoms with van der Waals surface area (Å²) in [6.07, 6.45) is 2.77. The van der Waals surface area contributed by atoms with Crippen LogP contribution in [0.3, 0.4) is 0 Å². The third-order valence-electron chi connectivity index (χ3n) is 5.14. The van der Waals surface area contributed by atoms with Gasteiger partial charge < -0.3 is 15.4 Å². The molecule has 0 spiro atoms. The maximum absolute atomic E-state index is 12.6. The van der Waals surface area contributed by atoms with Crippen LogP contribution >= 0.6 is 11.6 Å². The van der Waals surface area contributed by atoms with Gasteiger partial charge in [-0.25, -0.2) is 0 Å². The van der Waals surface area contributed by atoms with Crippen molar-refractivity contribution in [1.82, 2.24) is 9.80 Å². The summed E-state index contributed by atoms with van der Waals surface area (Å²) in [7, 11) is 1.68. The van der Waals surface area contributed by atoms with Crippen molar-refractivity contribution < 1.29 is 9.53 Å². The molecular formula is C18H26ClN3O2. The lowest BCUT2D eigenvalue weighted by molar-refractivity contribution is -0.137. The van der Waals surface area contributed by atoms with E-state index in [0.717, 1.165) is 68.3 Å². The van der Waals surface area contributed by atoms with E-state index in [1.807, 2.05) is 23.1 Å². The van der Waals surface area contributed by atoms with Gasteiger partial charge in [0.2, 0.25) is 5.91 Å². The zero-order valence-corrected chi connectivity index (χ0v) is 15.0. The summed E-state index contributed by atoms with van der Waals surface area (Å²) in [4.78, 5) is 16.9. The number of halogens is 1. The fourth-order valence-electron chi connectivity index (χ4n) is 3.74. The monoisotopic (exact) mass is 351 g/mol. The van der Waals surface area contributed by atoms with Crippen molar-refractivity contribution in [2.24, 2.45) is 11.7 Å². The third-order valence-corrected chi connectivity index (χ3v) is 5.38. The number of benzene rings is 1. The summed E-state index contributed by atoms with van der Waals surface area (Å²) in [6.45, 7) is 4.11. The van der Waals surface area contributed by atoms with Gasteiger partial charge in [-0.3, -0.25) is 9.69 Å². The molecule has 6 heteroatoms. The summed E-state index contributed by atoms with van der Waals surface area (Å²) < 4.78 is 5.42. The number of carbonyl (C=O) groups is 1. The number of nitrogens with two attached hydrogens (primary N) is 1. The molecule has 0 unspecified atom stereocenters. The van der Waals surface area contributed by atoms with Crippen LogP contribution in [0.15, 0.2) is 18.2 Å². The van der Waals surface area contributed by atoms with E-state index in [9.17, 15) is 4.79 Å². The van der Waals surface area contributed by atoms with Gasteiger partial charge in [0.05, 0.1) is 7.11 Å². The molecule has 1 aliphatic carbocycles. The standard InChI is InChI=1S/C18H26ClN3O2/c1-24-17-5-3-15(19)10-14(17)12-21-6-8-22(9-7-21)18(23)13-2-4-16(20)11-13/h3,5,10,13,16H,2,4,6-9,11-12,20H2,1H3/t13-,16-/m0/s1. The van der Waals surface area contributed by atoms with Crippen molar-refractivity contribution >= 4 is 17.5 Å². The molecule has 2 fully saturated rings. The highest BCUT2D eigenvalue weighted by Crippen LogP contribution is 2.27. The number of nitrogens with zero attached hydrogens (tertiary/aromatic N) is 2. The topological polar surface area (TPSA) is 58.8 Å². The molecule has 2 aliphatic rings. The lowest BCUT2D eigenvalue weighted by atomic mass is 10.1. The lowest BCUT2D eigenvalue weighted by Crippen LogP contribution is -2.49. The van der Waals surface area contributed by atoms with Crippen LogP contribution in [-0.2, 0) is 11.3 Å². The SMILES string of the molecule is COc1ccc(Cl)cc1CN1CCN(C(=O)[C@H]2CC[C@H](N)C2)CC1. The van der Waals surface area contributed by atoms with Crippen LogP contribution in [0.25, 0.3) is 0 Å². The fraction of sp³-hybridized carbons (Fsp3) is 0.611. The Morgan fingerprint density at radius 1 is 1.29 bits per heavy atom. The number of methoxy groups -OCH3 is 1. The molecular weight excluding hydrogens is 326 g/mol. The molecule has 5 nitrogen and oxygen atoms in total. The smallest absolute Gasteiger partial charge is 0.225 e. The van der Waals surface area contributed by atoms with Gasteiger partial charge in [-0.2, -0.15) is 0 Å². The molecule has 1 aromatic rings. The average molecular weight is 352 g/mol. The predicted octanol–water partition coefficient (Wildman–Crippen LogP) is 2.12. The summed E-state index contributed by atoms with van der Waals surface area (Å²) in [5, 5.41) is 0.720. The number of carbonyl (C=O) groups excluding carboxylic acids is 1. The van der Waals surface area contributed by atoms with Crippen LogP contribution < -0.4 is 10.5 Å². The third kappa shape index (κ3) is 4.02. The Morgan fingerprint density at radius 2 is 2.04 bits per heavy atom. The highest BCUT2D eigenvalue weighted by Gasteiger charge is 2.32. The number of amides is 1. The summed E-state index contributed by atoms with van der Waals surface area (Å²) in [5.41, 5.74) is 7.03. The Morgan fingerprint density at radius 3 is 2.67 bits per heavy atom. The zero-order valence-electron chi connectivity index (χ0n) is 14.2. The number of rotatable bonds is 4. The van der Waals surface area contributed by atoms with E-state index in [1.54, 1.807) is 7.11 Å². The molecule has 2 N–H and O–H groups in total. The van der Waals surface area contributed by atoms with E-state index in [1.165, 1.54) is 0 Å². The first-order valence-electron chi connectivity index (χ1n) is 8.66. The zero-order chi connectivity index (χ0) is 17.1. The minimum Gasteiger partial charge on any atom is -0.496 e. The van der Waals surface area contributed by atoms with Crippen molar-refractivity contribution in [2.45, 2.75) is 31.8 Å². The van der Waals surface area contributed by atoms with Gasteiger partial charge in [-0.1, -0.05) is 11.6 Å². The Labute approximate surface area is 148 Å². The number of ether oxygens (including phenoxy) is 1. The minimum absolute atomic E-state index is 0.138. The first-order chi connectivity index (χ1) is 11.6. The first kappa shape index (κ1) is 17.5. The molecule has 24 heavy (non-hydrogen) atoms. The quantitative estimate of drug-likeness (QED) is 0.902. The van der Waals surface area contributed by atoms with Crippen LogP contribution in [0.5, 0.6) is 5.75 Å². The van der Waals surface area contributed by atoms with Crippen molar-refractivity contribution in [3.63, 3.8) is 0 Å². The van der Waals surface area contributed by atoms with E-state index in [4.69, 9.17) is 22.1 Å². The van der Waals surface area contributed by atoms with Crippen LogP contribution in [0, 0.1) is 5.92 Å². The summed E-state index contributed by atoms with van der Waals surface area (Å²) >= 11 is 6.10. The Kier molecular flexibility index (Phi) is 5.64. The highest BCUT2D eigenvalue weighted by molar-refractivity contribution is 6.30. The molecule has 132 valence electrons. The molecule has 3 rings (SSSR count). The lowest BCUT2D eigenvalue weighted by Gasteiger charge is -2.36. The van der Waals surface area contributed by atoms with Crippen molar-refractivity contribution in [1.29, 1.82) is 0 Å². The highest BCUT2D eigenvalue weighted by atomic mass is 35.5. The van der Waals surface area contributed by atoms with E-state index in [0.29, 0.717) is 5.91 Å². The molecule has 1 aromatic carbocycles. The summed E-state index contributed by atoms with van der Waals surface area (Å²) in [5.74, 6) is 1.29. The summed E-state index contributed by atoms with van der Waals surface area (Å²) in [6, 6.07) is 5.90. The van der Waals surface area contributed by atoms with Gasteiger partial charge in [-0.05, 0) is 37.5 Å². The molecule has 0 aromatic heterocycles. The number of hydrogen-bond acceptors (Lipinski definition) is 4. The van der Waals surface area contributed by atoms with Gasteiger partial charge >= 0.3 is 0 Å². The minimum atomic E-state index is 0.138. The van der Waals surface area contributed by atoms with Gasteiger partial charge in [0, 0.05) is 55.3 Å². The van der Waals surface area contributed by atoms with E-state index < -0.39 is 0 Å². The van der Waals surface area contributed by atoms with Gasteiger partial charge in [-0.15, -0.1) is 0 Å². The maximum atomic E-state index is 12.6. The van der Waals surface area contributed by atoms with Crippen LogP contribution in [0.4, 0.5) is 0 Å². The van der Waals surface area contributed by atoms with E-state index in [-0.39, 0.29) is 12.0 Å². The van der Waals surface area contributed by atoms with Gasteiger partial charge in [0.25, 0.3) is 0 Å². The van der Waals surface area contributed by atoms with Crippen molar-refractivity contribution in [3.05, 3.63) is 28.8 Å². The second-order valence-corrected chi connectivity index (χ2v) is 7.26. The van der Waals surface area contributed by atoms with Crippen LogP contribution in [-0.4, -0.2) is 55.0 Å². The number of hydrogen-bond donors (Lipinski definition) is 1. The molecule has 2 atom stereocenters. The average Bonchev–Trinajstić information content (AvgIpc) is 3.02. The molecule has 1 amide bonds. The Hall–Kier alpha value is -1.30. The number of piperazine rings is 1. The molecule has 1 aliphatic heterocycles. The molecule has 1 saturated heterocycles. The fourth-order valence-corrected chi connectivity index (χ4v) is 3.93. The van der Waals surface area contributed by atoms with Crippen molar-refractivity contribution in [3.8, 4) is 5.75 Å². The van der Waals surface area contributed by atoms with Crippen LogP contribution in [0.2, 0.25) is 5.02 Å². The van der Waals surface area contributed by atoms with E-state index >= 15 is 0 Å². The molecule has 0 bridgehead atoms.